The summed E-state index contributed by atoms with van der Waals surface area (Å²) >= 11 is 0. The summed E-state index contributed by atoms with van der Waals surface area (Å²) in [5.74, 6) is 0.452. The van der Waals surface area contributed by atoms with Crippen LogP contribution in [0.5, 0.6) is 0 Å². The van der Waals surface area contributed by atoms with Crippen LogP contribution in [0.2, 0.25) is 0 Å². The Morgan fingerprint density at radius 1 is 0.933 bits per heavy atom. The Hall–Kier alpha value is -0.250. The fourth-order valence-electron chi connectivity index (χ4n) is 2.16. The van der Waals surface area contributed by atoms with Crippen molar-refractivity contribution in [2.24, 2.45) is 5.92 Å². The second-order valence-electron chi connectivity index (χ2n) is 4.46. The van der Waals surface area contributed by atoms with Crippen molar-refractivity contribution in [3.8, 4) is 0 Å². The van der Waals surface area contributed by atoms with Crippen LogP contribution in [0.25, 0.3) is 0 Å². The summed E-state index contributed by atoms with van der Waals surface area (Å²) < 4.78 is 35.7. The third-order valence-corrected chi connectivity index (χ3v) is 2.98. The van der Waals surface area contributed by atoms with E-state index in [0.717, 1.165) is 12.8 Å². The summed E-state index contributed by atoms with van der Waals surface area (Å²) in [6.45, 7) is -0.316. The third kappa shape index (κ3) is 6.77. The minimum absolute atomic E-state index is 0.452. The first-order valence-corrected chi connectivity index (χ1v) is 5.85. The highest BCUT2D eigenvalue weighted by Gasteiger charge is 2.26. The summed E-state index contributed by atoms with van der Waals surface area (Å²) in [7, 11) is 0. The molecule has 0 aromatic heterocycles. The Bertz CT molecular complexity index is 160. The lowest BCUT2D eigenvalue weighted by molar-refractivity contribution is -0.125. The highest BCUT2D eigenvalue weighted by Crippen LogP contribution is 2.22. The molecule has 1 fully saturated rings. The highest BCUT2D eigenvalue weighted by atomic mass is 19.4. The quantitative estimate of drug-likeness (QED) is 0.772. The molecule has 0 aliphatic heterocycles. The van der Waals surface area contributed by atoms with Gasteiger partial charge in [-0.2, -0.15) is 13.2 Å². The molecule has 15 heavy (non-hydrogen) atoms. The van der Waals surface area contributed by atoms with Crippen molar-refractivity contribution in [1.29, 1.82) is 0 Å². The van der Waals surface area contributed by atoms with Crippen molar-refractivity contribution < 1.29 is 13.2 Å². The van der Waals surface area contributed by atoms with Gasteiger partial charge >= 0.3 is 6.18 Å². The van der Waals surface area contributed by atoms with Crippen LogP contribution in [-0.2, 0) is 0 Å². The maximum absolute atomic E-state index is 11.9. The Kier molecular flexibility index (Phi) is 5.43. The van der Waals surface area contributed by atoms with Gasteiger partial charge in [0, 0.05) is 0 Å². The minimum Gasteiger partial charge on any atom is -0.308 e. The second kappa shape index (κ2) is 6.36. The molecule has 1 rings (SSSR count). The molecule has 0 spiro atoms. The van der Waals surface area contributed by atoms with E-state index in [-0.39, 0.29) is 0 Å². The Labute approximate surface area is 89.4 Å². The molecular weight excluding hydrogens is 203 g/mol. The standard InChI is InChI=1S/C11H20F3N/c12-11(13,14)9-15-8-10-6-4-2-1-3-5-7-10/h10,15H,1-9H2. The van der Waals surface area contributed by atoms with E-state index >= 15 is 0 Å². The minimum atomic E-state index is -4.07. The molecule has 0 atom stereocenters. The Morgan fingerprint density at radius 3 is 2.00 bits per heavy atom. The van der Waals surface area contributed by atoms with Gasteiger partial charge in [-0.15, -0.1) is 0 Å². The molecule has 90 valence electrons. The van der Waals surface area contributed by atoms with Crippen LogP contribution < -0.4 is 5.32 Å². The molecule has 0 saturated heterocycles. The largest absolute Gasteiger partial charge is 0.401 e. The van der Waals surface area contributed by atoms with Gasteiger partial charge in [0.1, 0.15) is 0 Å². The number of hydrogen-bond acceptors (Lipinski definition) is 1. The lowest BCUT2D eigenvalue weighted by Crippen LogP contribution is -2.32. The van der Waals surface area contributed by atoms with Gasteiger partial charge in [0.15, 0.2) is 0 Å². The smallest absolute Gasteiger partial charge is 0.308 e. The van der Waals surface area contributed by atoms with Gasteiger partial charge in [-0.05, 0) is 25.3 Å². The molecule has 0 amide bonds. The molecule has 1 saturated carbocycles. The van der Waals surface area contributed by atoms with E-state index in [1.54, 1.807) is 0 Å². The van der Waals surface area contributed by atoms with E-state index in [1.807, 2.05) is 0 Å². The number of hydrogen-bond donors (Lipinski definition) is 1. The first kappa shape index (κ1) is 12.8. The third-order valence-electron chi connectivity index (χ3n) is 2.98. The zero-order chi connectivity index (χ0) is 11.1. The van der Waals surface area contributed by atoms with Crippen molar-refractivity contribution in [3.63, 3.8) is 0 Å². The lowest BCUT2D eigenvalue weighted by Gasteiger charge is -2.20. The predicted octanol–water partition coefficient (Wildman–Crippen LogP) is 3.50. The first-order chi connectivity index (χ1) is 7.08. The normalized spacial score (nSPS) is 21.0. The molecule has 1 aliphatic carbocycles. The van der Waals surface area contributed by atoms with Gasteiger partial charge < -0.3 is 5.32 Å². The summed E-state index contributed by atoms with van der Waals surface area (Å²) in [6, 6.07) is 0. The monoisotopic (exact) mass is 223 g/mol. The predicted molar refractivity (Wildman–Crippen MR) is 54.7 cm³/mol. The van der Waals surface area contributed by atoms with Crippen LogP contribution in [0.1, 0.15) is 44.9 Å². The van der Waals surface area contributed by atoms with Crippen LogP contribution >= 0.6 is 0 Å². The van der Waals surface area contributed by atoms with E-state index < -0.39 is 12.7 Å². The highest BCUT2D eigenvalue weighted by molar-refractivity contribution is 4.67. The van der Waals surface area contributed by atoms with Gasteiger partial charge in [-0.3, -0.25) is 0 Å². The maximum atomic E-state index is 11.9. The molecule has 0 aromatic rings. The van der Waals surface area contributed by atoms with Crippen molar-refractivity contribution in [2.45, 2.75) is 51.1 Å². The van der Waals surface area contributed by atoms with Crippen molar-refractivity contribution >= 4 is 0 Å². The summed E-state index contributed by atoms with van der Waals surface area (Å²) in [5.41, 5.74) is 0. The fraction of sp³-hybridized carbons (Fsp3) is 1.00. The average molecular weight is 223 g/mol. The van der Waals surface area contributed by atoms with Crippen molar-refractivity contribution in [1.82, 2.24) is 5.32 Å². The number of halogens is 3. The van der Waals surface area contributed by atoms with Crippen molar-refractivity contribution in [3.05, 3.63) is 0 Å². The molecule has 0 aromatic carbocycles. The van der Waals surface area contributed by atoms with Gasteiger partial charge in [-0.1, -0.05) is 32.1 Å². The molecule has 0 heterocycles. The maximum Gasteiger partial charge on any atom is 0.401 e. The van der Waals surface area contributed by atoms with Crippen LogP contribution in [0.4, 0.5) is 13.2 Å². The second-order valence-corrected chi connectivity index (χ2v) is 4.46. The Balaban J connectivity index is 2.12. The van der Waals surface area contributed by atoms with E-state index in [0.29, 0.717) is 12.5 Å². The van der Waals surface area contributed by atoms with E-state index in [9.17, 15) is 13.2 Å². The topological polar surface area (TPSA) is 12.0 Å². The van der Waals surface area contributed by atoms with Crippen LogP contribution in [-0.4, -0.2) is 19.3 Å². The molecule has 1 N–H and O–H groups in total. The summed E-state index contributed by atoms with van der Waals surface area (Å²) in [4.78, 5) is 0. The number of rotatable bonds is 3. The van der Waals surface area contributed by atoms with Gasteiger partial charge in [0.05, 0.1) is 6.54 Å². The Morgan fingerprint density at radius 2 is 1.47 bits per heavy atom. The van der Waals surface area contributed by atoms with Gasteiger partial charge in [0.25, 0.3) is 0 Å². The molecular formula is C11H20F3N. The molecule has 1 nitrogen and oxygen atoms in total. The van der Waals surface area contributed by atoms with Crippen LogP contribution in [0.3, 0.4) is 0 Å². The summed E-state index contributed by atoms with van der Waals surface area (Å²) in [5, 5.41) is 2.52. The molecule has 4 heteroatoms. The van der Waals surface area contributed by atoms with Crippen molar-refractivity contribution in [2.75, 3.05) is 13.1 Å². The molecule has 0 radical (unpaired) electrons. The summed E-state index contributed by atoms with van der Waals surface area (Å²) in [6.07, 6.45) is 4.25. The lowest BCUT2D eigenvalue weighted by atomic mass is 9.91. The molecule has 0 bridgehead atoms. The van der Waals surface area contributed by atoms with Crippen LogP contribution in [0, 0.1) is 5.92 Å². The molecule has 1 aliphatic rings. The zero-order valence-corrected chi connectivity index (χ0v) is 9.08. The molecule has 0 unspecified atom stereocenters. The van der Waals surface area contributed by atoms with E-state index in [1.165, 1.54) is 32.1 Å². The average Bonchev–Trinajstić information content (AvgIpc) is 2.06. The van der Waals surface area contributed by atoms with Gasteiger partial charge in [-0.25, -0.2) is 0 Å². The first-order valence-electron chi connectivity index (χ1n) is 5.85. The van der Waals surface area contributed by atoms with E-state index in [2.05, 4.69) is 5.32 Å². The zero-order valence-electron chi connectivity index (χ0n) is 9.08. The van der Waals surface area contributed by atoms with Gasteiger partial charge in [0.2, 0.25) is 0 Å². The number of nitrogens with one attached hydrogen (secondary N) is 1. The van der Waals surface area contributed by atoms with Crippen LogP contribution in [0.15, 0.2) is 0 Å². The fourth-order valence-corrected chi connectivity index (χ4v) is 2.16. The SMILES string of the molecule is FC(F)(F)CNCC1CCCCCCC1. The number of alkyl halides is 3. The van der Waals surface area contributed by atoms with E-state index in [4.69, 9.17) is 0 Å².